The third-order valence-corrected chi connectivity index (χ3v) is 5.81. The van der Waals surface area contributed by atoms with Crippen LogP contribution in [0.2, 0.25) is 0 Å². The first-order valence-corrected chi connectivity index (χ1v) is 11.0. The molecule has 33 heavy (non-hydrogen) atoms. The van der Waals surface area contributed by atoms with E-state index < -0.39 is 30.0 Å². The van der Waals surface area contributed by atoms with E-state index in [4.69, 9.17) is 9.84 Å². The number of aliphatic carboxylic acids is 1. The molecule has 2 unspecified atom stereocenters. The summed E-state index contributed by atoms with van der Waals surface area (Å²) in [6.07, 6.45) is -0.642. The minimum absolute atomic E-state index is 0.0218. The summed E-state index contributed by atoms with van der Waals surface area (Å²) in [6, 6.07) is 16.2. The second-order valence-corrected chi connectivity index (χ2v) is 8.73. The van der Waals surface area contributed by atoms with Crippen LogP contribution in [0.5, 0.6) is 0 Å². The van der Waals surface area contributed by atoms with E-state index in [1.165, 1.54) is 6.92 Å². The highest BCUT2D eigenvalue weighted by molar-refractivity contribution is 5.79. The number of amides is 2. The second-order valence-electron chi connectivity index (χ2n) is 8.73. The molecule has 0 heterocycles. The van der Waals surface area contributed by atoms with Crippen LogP contribution in [-0.2, 0) is 14.3 Å². The van der Waals surface area contributed by atoms with Gasteiger partial charge in [-0.25, -0.2) is 4.79 Å². The van der Waals surface area contributed by atoms with Crippen LogP contribution >= 0.6 is 0 Å². The molecule has 3 rings (SSSR count). The number of aliphatic hydroxyl groups is 1. The lowest BCUT2D eigenvalue weighted by molar-refractivity contribution is -0.142. The molecule has 0 aromatic heterocycles. The number of hydrogen-bond donors (Lipinski definition) is 4. The normalized spacial score (nSPS) is 15.0. The first-order valence-electron chi connectivity index (χ1n) is 11.0. The Labute approximate surface area is 193 Å². The molecule has 0 saturated carbocycles. The number of carboxylic acids is 1. The lowest BCUT2D eigenvalue weighted by Gasteiger charge is -2.22. The van der Waals surface area contributed by atoms with Gasteiger partial charge in [0.1, 0.15) is 6.61 Å². The Kier molecular flexibility index (Phi) is 7.71. The monoisotopic (exact) mass is 454 g/mol. The van der Waals surface area contributed by atoms with E-state index in [0.717, 1.165) is 22.3 Å². The molecule has 0 saturated heterocycles. The molecular formula is C25H30N2O6. The Morgan fingerprint density at radius 1 is 1.03 bits per heavy atom. The van der Waals surface area contributed by atoms with E-state index in [1.54, 1.807) is 6.92 Å². The first kappa shape index (κ1) is 24.3. The van der Waals surface area contributed by atoms with Crippen LogP contribution in [0.25, 0.3) is 11.1 Å². The second kappa shape index (κ2) is 10.5. The number of carboxylic acid groups (broad SMARTS) is 1. The predicted molar refractivity (Wildman–Crippen MR) is 123 cm³/mol. The quantitative estimate of drug-likeness (QED) is 0.438. The molecule has 4 N–H and O–H groups in total. The van der Waals surface area contributed by atoms with Gasteiger partial charge in [-0.2, -0.15) is 0 Å². The number of ether oxygens (including phenoxy) is 1. The Morgan fingerprint density at radius 2 is 1.61 bits per heavy atom. The van der Waals surface area contributed by atoms with Gasteiger partial charge in [0.25, 0.3) is 0 Å². The van der Waals surface area contributed by atoms with Crippen LogP contribution in [0, 0.1) is 5.92 Å². The van der Waals surface area contributed by atoms with Crippen LogP contribution in [0.1, 0.15) is 43.7 Å². The molecule has 2 aromatic rings. The minimum Gasteiger partial charge on any atom is -0.481 e. The maximum Gasteiger partial charge on any atom is 0.407 e. The molecule has 0 spiro atoms. The van der Waals surface area contributed by atoms with E-state index in [2.05, 4.69) is 34.9 Å². The smallest absolute Gasteiger partial charge is 0.407 e. The highest BCUT2D eigenvalue weighted by Gasteiger charge is 2.29. The van der Waals surface area contributed by atoms with Crippen LogP contribution in [0.3, 0.4) is 0 Å². The first-order chi connectivity index (χ1) is 15.7. The number of carbonyl (C=O) groups excluding carboxylic acids is 2. The lowest BCUT2D eigenvalue weighted by Crippen LogP contribution is -2.44. The van der Waals surface area contributed by atoms with Crippen molar-refractivity contribution in [3.63, 3.8) is 0 Å². The van der Waals surface area contributed by atoms with Crippen molar-refractivity contribution in [1.29, 1.82) is 0 Å². The summed E-state index contributed by atoms with van der Waals surface area (Å²) in [7, 11) is 0. The summed E-state index contributed by atoms with van der Waals surface area (Å²) in [4.78, 5) is 35.1. The zero-order valence-corrected chi connectivity index (χ0v) is 18.8. The Balaban J connectivity index is 1.42. The molecule has 8 heteroatoms. The van der Waals surface area contributed by atoms with Crippen molar-refractivity contribution in [2.75, 3.05) is 19.7 Å². The summed E-state index contributed by atoms with van der Waals surface area (Å²) >= 11 is 0. The average molecular weight is 455 g/mol. The molecule has 2 atom stereocenters. The summed E-state index contributed by atoms with van der Waals surface area (Å²) in [5, 5.41) is 24.0. The highest BCUT2D eigenvalue weighted by atomic mass is 16.5. The maximum atomic E-state index is 12.2. The van der Waals surface area contributed by atoms with Crippen molar-refractivity contribution in [3.05, 3.63) is 59.7 Å². The maximum absolute atomic E-state index is 12.2. The summed E-state index contributed by atoms with van der Waals surface area (Å²) in [6.45, 7) is 3.35. The lowest BCUT2D eigenvalue weighted by atomic mass is 9.98. The molecule has 0 aliphatic heterocycles. The van der Waals surface area contributed by atoms with Crippen molar-refractivity contribution < 1.29 is 29.3 Å². The molecule has 176 valence electrons. The number of nitrogens with one attached hydrogen (secondary N) is 2. The van der Waals surface area contributed by atoms with Crippen molar-refractivity contribution in [1.82, 2.24) is 10.6 Å². The molecule has 0 bridgehead atoms. The number of alkyl carbamates (subject to hydrolysis) is 1. The van der Waals surface area contributed by atoms with Crippen molar-refractivity contribution in [2.45, 2.75) is 38.2 Å². The zero-order chi connectivity index (χ0) is 24.0. The standard InChI is InChI=1S/C25H30N2O6/c1-16(23(30)27-15-25(2,32)13-22(28)29)11-12-26-24(31)33-14-21-19-9-5-3-7-17(19)18-8-4-6-10-20(18)21/h3-10,16,21,32H,11-15H2,1-2H3,(H,26,31)(H,27,30)(H,28,29). The largest absolute Gasteiger partial charge is 0.481 e. The van der Waals surface area contributed by atoms with E-state index in [9.17, 15) is 19.5 Å². The van der Waals surface area contributed by atoms with Gasteiger partial charge in [0.05, 0.1) is 12.0 Å². The SMILES string of the molecule is CC(CCNC(=O)OCC1c2ccccc2-c2ccccc21)C(=O)NCC(C)(O)CC(=O)O. The van der Waals surface area contributed by atoms with Crippen LogP contribution in [0.4, 0.5) is 4.79 Å². The Hall–Kier alpha value is -3.39. The zero-order valence-electron chi connectivity index (χ0n) is 18.8. The third-order valence-electron chi connectivity index (χ3n) is 5.81. The highest BCUT2D eigenvalue weighted by Crippen LogP contribution is 2.44. The van der Waals surface area contributed by atoms with E-state index in [0.29, 0.717) is 6.42 Å². The van der Waals surface area contributed by atoms with Gasteiger partial charge in [-0.15, -0.1) is 0 Å². The number of fused-ring (bicyclic) bond motifs is 3. The summed E-state index contributed by atoms with van der Waals surface area (Å²) in [5.74, 6) is -1.92. The fourth-order valence-corrected chi connectivity index (χ4v) is 4.01. The molecule has 2 amide bonds. The van der Waals surface area contributed by atoms with Gasteiger partial charge >= 0.3 is 12.1 Å². The summed E-state index contributed by atoms with van der Waals surface area (Å²) < 4.78 is 5.47. The van der Waals surface area contributed by atoms with Gasteiger partial charge < -0.3 is 25.6 Å². The van der Waals surface area contributed by atoms with E-state index in [1.807, 2.05) is 24.3 Å². The van der Waals surface area contributed by atoms with Crippen molar-refractivity contribution >= 4 is 18.0 Å². The molecule has 8 nitrogen and oxygen atoms in total. The van der Waals surface area contributed by atoms with Crippen LogP contribution < -0.4 is 10.6 Å². The van der Waals surface area contributed by atoms with Gasteiger partial charge in [0.15, 0.2) is 0 Å². The van der Waals surface area contributed by atoms with Gasteiger partial charge in [-0.05, 0) is 35.6 Å². The fourth-order valence-electron chi connectivity index (χ4n) is 4.01. The molecule has 1 aliphatic rings. The van der Waals surface area contributed by atoms with Gasteiger partial charge in [0, 0.05) is 24.9 Å². The van der Waals surface area contributed by atoms with Crippen LogP contribution in [-0.4, -0.2) is 53.5 Å². The van der Waals surface area contributed by atoms with Gasteiger partial charge in [-0.1, -0.05) is 55.5 Å². The molecule has 0 radical (unpaired) electrons. The minimum atomic E-state index is -1.53. The molecular weight excluding hydrogens is 424 g/mol. The topological polar surface area (TPSA) is 125 Å². The van der Waals surface area contributed by atoms with E-state index >= 15 is 0 Å². The number of carbonyl (C=O) groups is 3. The predicted octanol–water partition coefficient (Wildman–Crippen LogP) is 2.89. The number of benzene rings is 2. The Morgan fingerprint density at radius 3 is 2.18 bits per heavy atom. The van der Waals surface area contributed by atoms with E-state index in [-0.39, 0.29) is 31.5 Å². The number of hydrogen-bond acceptors (Lipinski definition) is 5. The Bertz CT molecular complexity index is 974. The number of rotatable bonds is 10. The van der Waals surface area contributed by atoms with Crippen LogP contribution in [0.15, 0.2) is 48.5 Å². The molecule has 0 fully saturated rings. The average Bonchev–Trinajstić information content (AvgIpc) is 3.09. The molecule has 2 aromatic carbocycles. The third kappa shape index (κ3) is 6.32. The van der Waals surface area contributed by atoms with Crippen molar-refractivity contribution in [2.24, 2.45) is 5.92 Å². The van der Waals surface area contributed by atoms with Crippen molar-refractivity contribution in [3.8, 4) is 11.1 Å². The van der Waals surface area contributed by atoms with Gasteiger partial charge in [0.2, 0.25) is 5.91 Å². The molecule has 1 aliphatic carbocycles. The summed E-state index contributed by atoms with van der Waals surface area (Å²) in [5.41, 5.74) is 3.06. The van der Waals surface area contributed by atoms with Gasteiger partial charge in [-0.3, -0.25) is 9.59 Å². The fraction of sp³-hybridized carbons (Fsp3) is 0.400.